The topological polar surface area (TPSA) is 74.8 Å². The van der Waals surface area contributed by atoms with Crippen molar-refractivity contribution in [2.45, 2.75) is 24.3 Å². The van der Waals surface area contributed by atoms with Crippen LogP contribution in [0.4, 0.5) is 10.1 Å². The molecular weight excluding hydrogens is 341 g/mol. The first kappa shape index (κ1) is 16.0. The van der Waals surface area contributed by atoms with Gasteiger partial charge < -0.3 is 10.3 Å². The normalized spacial score (nSPS) is 13.0. The van der Waals surface area contributed by atoms with Crippen LogP contribution in [0.25, 0.3) is 0 Å². The Labute approximate surface area is 140 Å². The molecule has 0 unspecified atom stereocenters. The number of nitrogens with zero attached hydrogens (tertiary/aromatic N) is 1. The lowest BCUT2D eigenvalue weighted by Gasteiger charge is -2.08. The van der Waals surface area contributed by atoms with E-state index in [1.165, 1.54) is 30.0 Å². The molecule has 1 aliphatic carbocycles. The second kappa shape index (κ2) is 6.72. The minimum Gasteiger partial charge on any atom is -0.325 e. The van der Waals surface area contributed by atoms with E-state index in [1.54, 1.807) is 0 Å². The smallest absolute Gasteiger partial charge is 0.325 e. The van der Waals surface area contributed by atoms with Crippen LogP contribution < -0.4 is 11.0 Å². The zero-order valence-electron chi connectivity index (χ0n) is 12.0. The van der Waals surface area contributed by atoms with Crippen molar-refractivity contribution in [2.75, 3.05) is 11.1 Å². The van der Waals surface area contributed by atoms with Gasteiger partial charge in [0.25, 0.3) is 0 Å². The molecule has 8 heteroatoms. The Morgan fingerprint density at radius 2 is 2.26 bits per heavy atom. The number of benzene rings is 1. The molecule has 1 aliphatic rings. The number of aromatic amines is 1. The molecule has 0 saturated carbocycles. The van der Waals surface area contributed by atoms with Crippen LogP contribution in [0, 0.1) is 5.82 Å². The molecule has 0 fully saturated rings. The highest BCUT2D eigenvalue weighted by atomic mass is 35.5. The van der Waals surface area contributed by atoms with Gasteiger partial charge in [0.05, 0.1) is 10.8 Å². The van der Waals surface area contributed by atoms with Crippen molar-refractivity contribution in [1.82, 2.24) is 9.97 Å². The van der Waals surface area contributed by atoms with E-state index in [9.17, 15) is 14.0 Å². The molecule has 0 saturated heterocycles. The molecule has 0 radical (unpaired) electrons. The highest BCUT2D eigenvalue weighted by Gasteiger charge is 2.18. The minimum atomic E-state index is -0.540. The summed E-state index contributed by atoms with van der Waals surface area (Å²) in [6.07, 6.45) is 2.67. The number of rotatable bonds is 4. The van der Waals surface area contributed by atoms with Crippen molar-refractivity contribution >= 4 is 35.0 Å². The van der Waals surface area contributed by atoms with E-state index in [1.807, 2.05) is 0 Å². The zero-order valence-corrected chi connectivity index (χ0v) is 13.6. The fourth-order valence-corrected chi connectivity index (χ4v) is 3.53. The molecule has 1 amide bonds. The summed E-state index contributed by atoms with van der Waals surface area (Å²) in [4.78, 5) is 30.2. The van der Waals surface area contributed by atoms with E-state index in [2.05, 4.69) is 15.3 Å². The van der Waals surface area contributed by atoms with Crippen LogP contribution >= 0.6 is 23.4 Å². The van der Waals surface area contributed by atoms with E-state index in [0.29, 0.717) is 10.7 Å². The maximum Gasteiger partial charge on any atom is 0.346 e. The van der Waals surface area contributed by atoms with Gasteiger partial charge in [-0.15, -0.1) is 0 Å². The summed E-state index contributed by atoms with van der Waals surface area (Å²) in [6, 6.07) is 3.98. The van der Waals surface area contributed by atoms with Crippen LogP contribution in [0.1, 0.15) is 17.7 Å². The second-order valence-electron chi connectivity index (χ2n) is 5.12. The van der Waals surface area contributed by atoms with Crippen LogP contribution in [0.3, 0.4) is 0 Å². The molecular formula is C15H13ClFN3O2S. The molecule has 1 aromatic carbocycles. The number of hydrogen-bond donors (Lipinski definition) is 2. The van der Waals surface area contributed by atoms with Gasteiger partial charge in [0.15, 0.2) is 0 Å². The van der Waals surface area contributed by atoms with Gasteiger partial charge in [-0.25, -0.2) is 9.18 Å². The Morgan fingerprint density at radius 1 is 1.43 bits per heavy atom. The number of carbonyl (C=O) groups excluding carboxylic acids is 1. The first-order chi connectivity index (χ1) is 11.0. The van der Waals surface area contributed by atoms with E-state index in [0.717, 1.165) is 30.5 Å². The number of thioether (sulfide) groups is 1. The lowest BCUT2D eigenvalue weighted by Crippen LogP contribution is -2.17. The van der Waals surface area contributed by atoms with Crippen molar-refractivity contribution in [2.24, 2.45) is 0 Å². The molecule has 0 bridgehead atoms. The van der Waals surface area contributed by atoms with Gasteiger partial charge >= 0.3 is 5.69 Å². The summed E-state index contributed by atoms with van der Waals surface area (Å²) in [5.74, 6) is -0.702. The van der Waals surface area contributed by atoms with Crippen LogP contribution in [0.5, 0.6) is 0 Å². The molecule has 0 spiro atoms. The Kier molecular flexibility index (Phi) is 4.68. The van der Waals surface area contributed by atoms with Gasteiger partial charge in [0.1, 0.15) is 10.8 Å². The highest BCUT2D eigenvalue weighted by molar-refractivity contribution is 8.00. The van der Waals surface area contributed by atoms with Gasteiger partial charge in [-0.1, -0.05) is 23.4 Å². The van der Waals surface area contributed by atoms with Crippen molar-refractivity contribution in [1.29, 1.82) is 0 Å². The Bertz CT molecular complexity index is 825. The van der Waals surface area contributed by atoms with Gasteiger partial charge in [-0.3, -0.25) is 4.79 Å². The number of aryl methyl sites for hydroxylation is 1. The van der Waals surface area contributed by atoms with Gasteiger partial charge in [-0.05, 0) is 37.5 Å². The molecule has 23 heavy (non-hydrogen) atoms. The summed E-state index contributed by atoms with van der Waals surface area (Å²) in [6.45, 7) is 0. The standard InChI is InChI=1S/C15H13ClFN3O2S/c16-10-6-8(4-5-11(10)17)18-13(21)7-23-14-9-2-1-3-12(9)19-15(22)20-14/h4-6H,1-3,7H2,(H,18,21)(H,19,20,22). The lowest BCUT2D eigenvalue weighted by atomic mass is 10.3. The molecule has 5 nitrogen and oxygen atoms in total. The molecule has 0 atom stereocenters. The maximum atomic E-state index is 13.1. The van der Waals surface area contributed by atoms with Crippen molar-refractivity contribution in [3.8, 4) is 0 Å². The van der Waals surface area contributed by atoms with Crippen molar-refractivity contribution in [3.05, 3.63) is 50.8 Å². The molecule has 3 rings (SSSR count). The second-order valence-corrected chi connectivity index (χ2v) is 6.49. The lowest BCUT2D eigenvalue weighted by molar-refractivity contribution is -0.113. The number of carbonyl (C=O) groups is 1. The molecule has 1 heterocycles. The number of amides is 1. The summed E-state index contributed by atoms with van der Waals surface area (Å²) < 4.78 is 13.1. The summed E-state index contributed by atoms with van der Waals surface area (Å²) in [5, 5.41) is 3.19. The third kappa shape index (κ3) is 3.73. The predicted molar refractivity (Wildman–Crippen MR) is 87.6 cm³/mol. The molecule has 2 N–H and O–H groups in total. The molecule has 0 aliphatic heterocycles. The first-order valence-electron chi connectivity index (χ1n) is 7.02. The van der Waals surface area contributed by atoms with Crippen LogP contribution in [-0.4, -0.2) is 21.6 Å². The number of halogens is 2. The van der Waals surface area contributed by atoms with E-state index >= 15 is 0 Å². The third-order valence-corrected chi connectivity index (χ3v) is 4.79. The average molecular weight is 354 g/mol. The SMILES string of the molecule is O=C(CSc1nc(=O)[nH]c2c1CCC2)Nc1ccc(F)c(Cl)c1. The summed E-state index contributed by atoms with van der Waals surface area (Å²) in [7, 11) is 0. The molecule has 1 aromatic heterocycles. The van der Waals surface area contributed by atoms with Crippen LogP contribution in [0.15, 0.2) is 28.0 Å². The number of fused-ring (bicyclic) bond motifs is 1. The van der Waals surface area contributed by atoms with Crippen molar-refractivity contribution in [3.63, 3.8) is 0 Å². The largest absolute Gasteiger partial charge is 0.346 e. The Hall–Kier alpha value is -1.86. The number of aromatic nitrogens is 2. The van der Waals surface area contributed by atoms with E-state index < -0.39 is 5.82 Å². The Morgan fingerprint density at radius 3 is 3.04 bits per heavy atom. The molecule has 120 valence electrons. The maximum absolute atomic E-state index is 13.1. The fraction of sp³-hybridized carbons (Fsp3) is 0.267. The summed E-state index contributed by atoms with van der Waals surface area (Å²) in [5.41, 5.74) is 1.97. The monoisotopic (exact) mass is 353 g/mol. The number of anilines is 1. The molecule has 2 aromatic rings. The summed E-state index contributed by atoms with van der Waals surface area (Å²) >= 11 is 6.90. The highest BCUT2D eigenvalue weighted by Crippen LogP contribution is 2.28. The van der Waals surface area contributed by atoms with Crippen LogP contribution in [0.2, 0.25) is 5.02 Å². The predicted octanol–water partition coefficient (Wildman–Crippen LogP) is 2.78. The first-order valence-corrected chi connectivity index (χ1v) is 8.39. The van der Waals surface area contributed by atoms with Crippen LogP contribution in [-0.2, 0) is 17.6 Å². The Balaban J connectivity index is 1.65. The zero-order chi connectivity index (χ0) is 16.4. The quantitative estimate of drug-likeness (QED) is 0.654. The van der Waals surface area contributed by atoms with Crippen molar-refractivity contribution < 1.29 is 9.18 Å². The third-order valence-electron chi connectivity index (χ3n) is 3.48. The number of nitrogens with one attached hydrogen (secondary N) is 2. The minimum absolute atomic E-state index is 0.0514. The fourth-order valence-electron chi connectivity index (χ4n) is 2.46. The van der Waals surface area contributed by atoms with Gasteiger partial charge in [0.2, 0.25) is 5.91 Å². The van der Waals surface area contributed by atoms with Gasteiger partial charge in [0, 0.05) is 16.9 Å². The van der Waals surface area contributed by atoms with E-state index in [4.69, 9.17) is 11.6 Å². The van der Waals surface area contributed by atoms with E-state index in [-0.39, 0.29) is 22.4 Å². The average Bonchev–Trinajstić information content (AvgIpc) is 2.97. The number of hydrogen-bond acceptors (Lipinski definition) is 4. The number of H-pyrrole nitrogens is 1. The van der Waals surface area contributed by atoms with Gasteiger partial charge in [-0.2, -0.15) is 4.98 Å².